The van der Waals surface area contributed by atoms with E-state index in [-0.39, 0.29) is 23.8 Å². The van der Waals surface area contributed by atoms with Gasteiger partial charge in [-0.1, -0.05) is 55.5 Å². The second-order valence-corrected chi connectivity index (χ2v) is 7.74. The Bertz CT molecular complexity index is 814. The van der Waals surface area contributed by atoms with Crippen molar-refractivity contribution in [2.75, 3.05) is 18.8 Å². The number of amides is 2. The Balaban J connectivity index is 1.45. The molecule has 1 heterocycles. The Morgan fingerprint density at radius 3 is 2.38 bits per heavy atom. The highest BCUT2D eigenvalue weighted by atomic mass is 16.2. The minimum atomic E-state index is -0.0846. The highest BCUT2D eigenvalue weighted by Crippen LogP contribution is 2.24. The van der Waals surface area contributed by atoms with E-state index in [1.807, 2.05) is 59.5 Å². The Hall–Kier alpha value is -2.82. The molecule has 5 heteroatoms. The van der Waals surface area contributed by atoms with Crippen LogP contribution in [-0.2, 0) is 16.0 Å². The zero-order chi connectivity index (χ0) is 20.6. The predicted molar refractivity (Wildman–Crippen MR) is 116 cm³/mol. The summed E-state index contributed by atoms with van der Waals surface area (Å²) in [7, 11) is 0. The van der Waals surface area contributed by atoms with Gasteiger partial charge >= 0.3 is 0 Å². The van der Waals surface area contributed by atoms with Crippen LogP contribution in [-0.4, -0.2) is 35.8 Å². The fraction of sp³-hybridized carbons (Fsp3) is 0.417. The number of anilines is 1. The molecule has 29 heavy (non-hydrogen) atoms. The van der Waals surface area contributed by atoms with Gasteiger partial charge in [0.2, 0.25) is 11.8 Å². The van der Waals surface area contributed by atoms with Crippen LogP contribution in [0.3, 0.4) is 0 Å². The summed E-state index contributed by atoms with van der Waals surface area (Å²) >= 11 is 0. The zero-order valence-electron chi connectivity index (χ0n) is 17.1. The van der Waals surface area contributed by atoms with Crippen molar-refractivity contribution in [1.82, 2.24) is 10.2 Å². The summed E-state index contributed by atoms with van der Waals surface area (Å²) in [6, 6.07) is 17.8. The van der Waals surface area contributed by atoms with E-state index < -0.39 is 0 Å². The smallest absolute Gasteiger partial charge is 0.230 e. The lowest BCUT2D eigenvalue weighted by Crippen LogP contribution is -2.47. The van der Waals surface area contributed by atoms with Gasteiger partial charge in [-0.25, -0.2) is 0 Å². The highest BCUT2D eigenvalue weighted by Gasteiger charge is 2.28. The third-order valence-electron chi connectivity index (χ3n) is 5.76. The SMILES string of the molecule is CCC(C(=O)N1CCC(NC(=O)CCc2ccccc2N)CC1)c1ccccc1. The van der Waals surface area contributed by atoms with E-state index >= 15 is 0 Å². The van der Waals surface area contributed by atoms with Crippen molar-refractivity contribution in [3.8, 4) is 0 Å². The molecule has 1 atom stereocenters. The molecule has 1 aliphatic rings. The van der Waals surface area contributed by atoms with Gasteiger partial charge in [0, 0.05) is 31.2 Å². The normalized spacial score (nSPS) is 15.7. The fourth-order valence-corrected chi connectivity index (χ4v) is 4.01. The lowest BCUT2D eigenvalue weighted by Gasteiger charge is -2.34. The summed E-state index contributed by atoms with van der Waals surface area (Å²) in [5.74, 6) is 0.162. The van der Waals surface area contributed by atoms with Gasteiger partial charge in [-0.05, 0) is 42.9 Å². The molecule has 154 valence electrons. The number of benzene rings is 2. The van der Waals surface area contributed by atoms with E-state index in [1.165, 1.54) is 0 Å². The van der Waals surface area contributed by atoms with Crippen LogP contribution in [0.2, 0.25) is 0 Å². The maximum Gasteiger partial charge on any atom is 0.230 e. The summed E-state index contributed by atoms with van der Waals surface area (Å²) in [4.78, 5) is 27.2. The first-order valence-electron chi connectivity index (χ1n) is 10.5. The van der Waals surface area contributed by atoms with Gasteiger partial charge in [-0.2, -0.15) is 0 Å². The molecule has 0 saturated carbocycles. The van der Waals surface area contributed by atoms with Crippen molar-refractivity contribution >= 4 is 17.5 Å². The van der Waals surface area contributed by atoms with Crippen LogP contribution in [0.15, 0.2) is 54.6 Å². The summed E-state index contributed by atoms with van der Waals surface area (Å²) in [6.45, 7) is 3.44. The van der Waals surface area contributed by atoms with Gasteiger partial charge in [0.1, 0.15) is 0 Å². The first kappa shape index (κ1) is 20.9. The molecule has 1 unspecified atom stereocenters. The average Bonchev–Trinajstić information content (AvgIpc) is 2.75. The number of hydrogen-bond donors (Lipinski definition) is 2. The van der Waals surface area contributed by atoms with E-state index in [4.69, 9.17) is 5.73 Å². The molecule has 1 saturated heterocycles. The first-order chi connectivity index (χ1) is 14.1. The molecule has 1 aliphatic heterocycles. The third-order valence-corrected chi connectivity index (χ3v) is 5.76. The number of piperidine rings is 1. The number of carbonyl (C=O) groups is 2. The minimum absolute atomic E-state index is 0.0498. The van der Waals surface area contributed by atoms with Gasteiger partial charge in [-0.3, -0.25) is 9.59 Å². The number of para-hydroxylation sites is 1. The third kappa shape index (κ3) is 5.59. The topological polar surface area (TPSA) is 75.4 Å². The number of aryl methyl sites for hydroxylation is 1. The molecule has 0 aliphatic carbocycles. The van der Waals surface area contributed by atoms with Gasteiger partial charge < -0.3 is 16.0 Å². The molecule has 3 N–H and O–H groups in total. The first-order valence-corrected chi connectivity index (χ1v) is 10.5. The van der Waals surface area contributed by atoms with Gasteiger partial charge in [0.25, 0.3) is 0 Å². The largest absolute Gasteiger partial charge is 0.399 e. The van der Waals surface area contributed by atoms with Crippen LogP contribution in [0.1, 0.15) is 49.7 Å². The van der Waals surface area contributed by atoms with Gasteiger partial charge in [0.05, 0.1) is 5.92 Å². The molecule has 3 rings (SSSR count). The molecule has 0 radical (unpaired) electrons. The molecule has 2 amide bonds. The lowest BCUT2D eigenvalue weighted by molar-refractivity contribution is -0.134. The van der Waals surface area contributed by atoms with Crippen LogP contribution >= 0.6 is 0 Å². The maximum absolute atomic E-state index is 13.0. The van der Waals surface area contributed by atoms with Crippen LogP contribution in [0.4, 0.5) is 5.69 Å². The van der Waals surface area contributed by atoms with E-state index in [1.54, 1.807) is 0 Å². The van der Waals surface area contributed by atoms with E-state index in [0.717, 1.165) is 36.1 Å². The fourth-order valence-electron chi connectivity index (χ4n) is 4.01. The average molecular weight is 394 g/mol. The summed E-state index contributed by atoms with van der Waals surface area (Å²) < 4.78 is 0. The second-order valence-electron chi connectivity index (χ2n) is 7.74. The van der Waals surface area contributed by atoms with E-state index in [9.17, 15) is 9.59 Å². The van der Waals surface area contributed by atoms with Crippen molar-refractivity contribution < 1.29 is 9.59 Å². The number of hydrogen-bond acceptors (Lipinski definition) is 3. The van der Waals surface area contributed by atoms with E-state index in [2.05, 4.69) is 12.2 Å². The Morgan fingerprint density at radius 1 is 1.07 bits per heavy atom. The molecule has 0 bridgehead atoms. The number of nitrogens with two attached hydrogens (primary N) is 1. The quantitative estimate of drug-likeness (QED) is 0.707. The molecule has 2 aromatic carbocycles. The Kier molecular flexibility index (Phi) is 7.28. The maximum atomic E-state index is 13.0. The van der Waals surface area contributed by atoms with Crippen molar-refractivity contribution in [2.24, 2.45) is 0 Å². The Labute approximate surface area is 173 Å². The number of carbonyl (C=O) groups excluding carboxylic acids is 2. The number of rotatable bonds is 7. The molecule has 1 fully saturated rings. The molecule has 2 aromatic rings. The Morgan fingerprint density at radius 2 is 1.72 bits per heavy atom. The summed E-state index contributed by atoms with van der Waals surface area (Å²) in [5, 5.41) is 3.13. The molecular weight excluding hydrogens is 362 g/mol. The van der Waals surface area contributed by atoms with Crippen molar-refractivity contribution in [2.45, 2.75) is 51.0 Å². The predicted octanol–water partition coefficient (Wildman–Crippen LogP) is 3.50. The van der Waals surface area contributed by atoms with Gasteiger partial charge in [0.15, 0.2) is 0 Å². The highest BCUT2D eigenvalue weighted by molar-refractivity contribution is 5.84. The lowest BCUT2D eigenvalue weighted by atomic mass is 9.93. The van der Waals surface area contributed by atoms with Crippen molar-refractivity contribution in [3.63, 3.8) is 0 Å². The zero-order valence-corrected chi connectivity index (χ0v) is 17.1. The molecule has 0 aromatic heterocycles. The van der Waals surface area contributed by atoms with E-state index in [0.29, 0.717) is 25.9 Å². The van der Waals surface area contributed by atoms with Crippen LogP contribution in [0.5, 0.6) is 0 Å². The number of nitrogens with one attached hydrogen (secondary N) is 1. The van der Waals surface area contributed by atoms with Crippen LogP contribution in [0.25, 0.3) is 0 Å². The summed E-state index contributed by atoms with van der Waals surface area (Å²) in [6.07, 6.45) is 3.47. The van der Waals surface area contributed by atoms with Gasteiger partial charge in [-0.15, -0.1) is 0 Å². The number of nitrogen functional groups attached to an aromatic ring is 1. The molecule has 5 nitrogen and oxygen atoms in total. The van der Waals surface area contributed by atoms with Crippen LogP contribution < -0.4 is 11.1 Å². The summed E-state index contributed by atoms with van der Waals surface area (Å²) in [5.41, 5.74) is 8.76. The van der Waals surface area contributed by atoms with Crippen LogP contribution in [0, 0.1) is 0 Å². The van der Waals surface area contributed by atoms with Crippen molar-refractivity contribution in [3.05, 3.63) is 65.7 Å². The number of nitrogens with zero attached hydrogens (tertiary/aromatic N) is 1. The standard InChI is InChI=1S/C24H31N3O2/c1-2-21(18-8-4-3-5-9-18)24(29)27-16-14-20(15-17-27)26-23(28)13-12-19-10-6-7-11-22(19)25/h3-11,20-21H,2,12-17,25H2,1H3,(H,26,28). The molecule has 0 spiro atoms. The second kappa shape index (κ2) is 10.1. The van der Waals surface area contributed by atoms with Crippen molar-refractivity contribution in [1.29, 1.82) is 0 Å². The monoisotopic (exact) mass is 393 g/mol. The molecular formula is C24H31N3O2. The minimum Gasteiger partial charge on any atom is -0.399 e. The number of likely N-dealkylation sites (tertiary alicyclic amines) is 1.